The molecule has 14 heteroatoms. The van der Waals surface area contributed by atoms with Crippen molar-refractivity contribution < 1.29 is 64.6 Å². The van der Waals surface area contributed by atoms with Crippen LogP contribution in [-0.2, 0) is 23.7 Å². The molecule has 0 bridgehead atoms. The zero-order valence-electron chi connectivity index (χ0n) is 39.9. The topological polar surface area (TPSA) is 228 Å². The highest BCUT2D eigenvalue weighted by molar-refractivity contribution is 5.76. The number of aliphatic hydroxyl groups is 8. The van der Waals surface area contributed by atoms with Gasteiger partial charge in [0, 0.05) is 6.42 Å². The van der Waals surface area contributed by atoms with E-state index < -0.39 is 86.8 Å². The van der Waals surface area contributed by atoms with Gasteiger partial charge in [-0.15, -0.1) is 0 Å². The van der Waals surface area contributed by atoms with Gasteiger partial charge in [0.2, 0.25) is 5.91 Å². The Kier molecular flexibility index (Phi) is 34.2. The molecule has 2 aliphatic heterocycles. The van der Waals surface area contributed by atoms with Gasteiger partial charge in [0.15, 0.2) is 12.6 Å². The zero-order chi connectivity index (χ0) is 48.2. The minimum atomic E-state index is -1.79. The highest BCUT2D eigenvalue weighted by Crippen LogP contribution is 2.30. The van der Waals surface area contributed by atoms with Gasteiger partial charge in [0.1, 0.15) is 48.8 Å². The van der Waals surface area contributed by atoms with Crippen LogP contribution in [0.4, 0.5) is 0 Å². The molecule has 14 nitrogen and oxygen atoms in total. The number of carbonyl (C=O) groups is 1. The number of allylic oxidation sites excluding steroid dienone is 14. The molecule has 2 heterocycles. The van der Waals surface area contributed by atoms with Crippen molar-refractivity contribution in [2.45, 2.75) is 216 Å². The Balaban J connectivity index is 1.76. The van der Waals surface area contributed by atoms with E-state index in [1.165, 1.54) is 12.8 Å². The van der Waals surface area contributed by atoms with Crippen LogP contribution in [0.5, 0.6) is 0 Å². The molecule has 378 valence electrons. The number of amides is 1. The summed E-state index contributed by atoms with van der Waals surface area (Å²) in [6.45, 7) is 2.62. The van der Waals surface area contributed by atoms with Gasteiger partial charge in [-0.05, 0) is 70.6 Å². The van der Waals surface area contributed by atoms with Crippen LogP contribution >= 0.6 is 0 Å². The number of nitrogens with one attached hydrogen (secondary N) is 1. The van der Waals surface area contributed by atoms with Crippen LogP contribution in [0.1, 0.15) is 142 Å². The molecule has 9 N–H and O–H groups in total. The summed E-state index contributed by atoms with van der Waals surface area (Å²) in [7, 11) is 0. The van der Waals surface area contributed by atoms with Crippen LogP contribution in [0.2, 0.25) is 0 Å². The molecular weight excluding hydrogens is 847 g/mol. The van der Waals surface area contributed by atoms with E-state index in [-0.39, 0.29) is 18.9 Å². The van der Waals surface area contributed by atoms with E-state index in [9.17, 15) is 45.6 Å². The van der Waals surface area contributed by atoms with E-state index >= 15 is 0 Å². The summed E-state index contributed by atoms with van der Waals surface area (Å²) in [5.41, 5.74) is 0. The van der Waals surface area contributed by atoms with Crippen molar-refractivity contribution in [3.05, 3.63) is 85.1 Å². The Morgan fingerprint density at radius 3 is 1.59 bits per heavy atom. The standard InChI is InChI=1S/C52H87NO13/c1-3-5-7-9-11-12-13-14-15-16-17-18-19-20-21-22-23-24-25-26-27-28-30-32-34-36-44(57)53-40(41(56)35-33-31-29-10-8-6-4-2)39-63-51-49(62)47(60)50(43(38-55)65-51)66-52-48(61)46(59)45(58)42(37-54)64-52/h5,7,11-12,14-15,17-18,20-21,23-24,26-27,40-43,45-52,54-56,58-62H,3-4,6,8-10,13,16,19,22,25,28-39H2,1-2H3,(H,53,57)/b7-5-,12-11-,15-14-,18-17-,21-20-,24-23-,27-26-. The van der Waals surface area contributed by atoms with E-state index in [1.54, 1.807) is 0 Å². The largest absolute Gasteiger partial charge is 0.394 e. The van der Waals surface area contributed by atoms with E-state index in [4.69, 9.17) is 18.9 Å². The smallest absolute Gasteiger partial charge is 0.220 e. The van der Waals surface area contributed by atoms with Gasteiger partial charge in [0.25, 0.3) is 0 Å². The Labute approximate surface area is 395 Å². The lowest BCUT2D eigenvalue weighted by Gasteiger charge is -2.46. The number of carbonyl (C=O) groups excluding carboxylic acids is 1. The normalized spacial score (nSPS) is 27.5. The zero-order valence-corrected chi connectivity index (χ0v) is 39.9. The predicted molar refractivity (Wildman–Crippen MR) is 258 cm³/mol. The molecule has 2 saturated heterocycles. The van der Waals surface area contributed by atoms with Gasteiger partial charge in [-0.2, -0.15) is 0 Å². The molecule has 0 aliphatic carbocycles. The third-order valence-corrected chi connectivity index (χ3v) is 11.6. The number of unbranched alkanes of at least 4 members (excludes halogenated alkanes) is 9. The molecule has 1 amide bonds. The number of aliphatic hydroxyl groups excluding tert-OH is 8. The molecule has 0 aromatic carbocycles. The van der Waals surface area contributed by atoms with E-state index in [1.807, 2.05) is 0 Å². The van der Waals surface area contributed by atoms with Crippen molar-refractivity contribution in [3.8, 4) is 0 Å². The van der Waals surface area contributed by atoms with Crippen LogP contribution in [0.25, 0.3) is 0 Å². The molecule has 0 radical (unpaired) electrons. The van der Waals surface area contributed by atoms with Crippen molar-refractivity contribution in [2.75, 3.05) is 19.8 Å². The first-order valence-corrected chi connectivity index (χ1v) is 24.8. The SMILES string of the molecule is CC/C=C\C/C=C\C/C=C\C/C=C\C/C=C\C/C=C\C/C=C\CCCCCC(=O)NC(COC1OC(CO)C(OC2OC(CO)C(O)C(O)C2O)C(O)C1O)C(O)CCCCCCCCC. The van der Waals surface area contributed by atoms with Gasteiger partial charge in [-0.3, -0.25) is 4.79 Å². The van der Waals surface area contributed by atoms with Crippen molar-refractivity contribution >= 4 is 5.91 Å². The quantitative estimate of drug-likeness (QED) is 0.0252. The maximum atomic E-state index is 13.1. The van der Waals surface area contributed by atoms with E-state index in [2.05, 4.69) is 104 Å². The first-order valence-electron chi connectivity index (χ1n) is 24.8. The minimum Gasteiger partial charge on any atom is -0.394 e. The summed E-state index contributed by atoms with van der Waals surface area (Å²) in [6.07, 6.45) is 31.9. The Bertz CT molecular complexity index is 1430. The van der Waals surface area contributed by atoms with Crippen molar-refractivity contribution in [3.63, 3.8) is 0 Å². The number of ether oxygens (including phenoxy) is 4. The van der Waals surface area contributed by atoms with Crippen LogP contribution in [0.15, 0.2) is 85.1 Å². The molecule has 0 spiro atoms. The minimum absolute atomic E-state index is 0.248. The molecular formula is C52H87NO13. The summed E-state index contributed by atoms with van der Waals surface area (Å²) in [4.78, 5) is 13.1. The van der Waals surface area contributed by atoms with E-state index in [0.717, 1.165) is 96.3 Å². The monoisotopic (exact) mass is 934 g/mol. The van der Waals surface area contributed by atoms with Crippen molar-refractivity contribution in [1.29, 1.82) is 0 Å². The summed E-state index contributed by atoms with van der Waals surface area (Å²) >= 11 is 0. The summed E-state index contributed by atoms with van der Waals surface area (Å²) < 4.78 is 22.6. The average molecular weight is 934 g/mol. The molecule has 2 rings (SSSR count). The second-order valence-electron chi connectivity index (χ2n) is 17.2. The van der Waals surface area contributed by atoms with Gasteiger partial charge < -0.3 is 65.1 Å². The molecule has 12 atom stereocenters. The van der Waals surface area contributed by atoms with Gasteiger partial charge in [-0.1, -0.05) is 150 Å². The molecule has 0 aromatic heterocycles. The fraction of sp³-hybridized carbons (Fsp3) is 0.712. The Morgan fingerprint density at radius 1 is 0.561 bits per heavy atom. The lowest BCUT2D eigenvalue weighted by molar-refractivity contribution is -0.359. The third-order valence-electron chi connectivity index (χ3n) is 11.6. The summed E-state index contributed by atoms with van der Waals surface area (Å²) in [5, 5.41) is 86.5. The Hall–Kier alpha value is -2.83. The maximum absolute atomic E-state index is 13.1. The van der Waals surface area contributed by atoms with Crippen molar-refractivity contribution in [2.24, 2.45) is 0 Å². The van der Waals surface area contributed by atoms with Crippen molar-refractivity contribution in [1.82, 2.24) is 5.32 Å². The van der Waals surface area contributed by atoms with Gasteiger partial charge in [0.05, 0.1) is 32.0 Å². The van der Waals surface area contributed by atoms with Gasteiger partial charge >= 0.3 is 0 Å². The van der Waals surface area contributed by atoms with Crippen LogP contribution in [-0.4, -0.2) is 140 Å². The lowest BCUT2D eigenvalue weighted by atomic mass is 9.97. The summed E-state index contributed by atoms with van der Waals surface area (Å²) in [5.74, 6) is -0.248. The molecule has 0 aromatic rings. The number of hydrogen-bond donors (Lipinski definition) is 9. The summed E-state index contributed by atoms with van der Waals surface area (Å²) in [6, 6.07) is -0.849. The lowest BCUT2D eigenvalue weighted by Crippen LogP contribution is -2.65. The Morgan fingerprint density at radius 2 is 1.05 bits per heavy atom. The molecule has 66 heavy (non-hydrogen) atoms. The van der Waals surface area contributed by atoms with Gasteiger partial charge in [-0.25, -0.2) is 0 Å². The van der Waals surface area contributed by atoms with E-state index in [0.29, 0.717) is 12.8 Å². The fourth-order valence-electron chi connectivity index (χ4n) is 7.57. The van der Waals surface area contributed by atoms with Crippen LogP contribution in [0, 0.1) is 0 Å². The highest BCUT2D eigenvalue weighted by Gasteiger charge is 2.51. The third kappa shape index (κ3) is 25.0. The highest BCUT2D eigenvalue weighted by atomic mass is 16.7. The van der Waals surface area contributed by atoms with Crippen LogP contribution < -0.4 is 5.32 Å². The molecule has 2 fully saturated rings. The second-order valence-corrected chi connectivity index (χ2v) is 17.2. The fourth-order valence-corrected chi connectivity index (χ4v) is 7.57. The molecule has 0 saturated carbocycles. The molecule has 2 aliphatic rings. The van der Waals surface area contributed by atoms with Crippen LogP contribution in [0.3, 0.4) is 0 Å². The predicted octanol–water partition coefficient (Wildman–Crippen LogP) is 6.21. The number of hydrogen-bond acceptors (Lipinski definition) is 13. The average Bonchev–Trinajstić information content (AvgIpc) is 3.31. The first-order chi connectivity index (χ1) is 32.1. The molecule has 12 unspecified atom stereocenters. The second kappa shape index (κ2) is 38.1. The first kappa shape index (κ1) is 59.3. The maximum Gasteiger partial charge on any atom is 0.220 e. The number of rotatable bonds is 36.